The molecule has 1 aromatic heterocycles. The number of aryl methyl sites for hydroxylation is 1. The van der Waals surface area contributed by atoms with Gasteiger partial charge in [-0.25, -0.2) is 0 Å². The quantitative estimate of drug-likeness (QED) is 0.705. The summed E-state index contributed by atoms with van der Waals surface area (Å²) in [4.78, 5) is 13.1. The first-order valence-corrected chi connectivity index (χ1v) is 10.2. The topological polar surface area (TPSA) is 46.1 Å². The Hall–Kier alpha value is -2.59. The molecule has 0 unspecified atom stereocenters. The summed E-state index contributed by atoms with van der Waals surface area (Å²) in [6.45, 7) is 5.04. The molecule has 4 rings (SSSR count). The van der Waals surface area contributed by atoms with Crippen molar-refractivity contribution in [2.75, 3.05) is 0 Å². The van der Waals surface area contributed by atoms with Gasteiger partial charge in [0, 0.05) is 36.7 Å². The van der Waals surface area contributed by atoms with Crippen LogP contribution in [0.5, 0.6) is 0 Å². The fraction of sp³-hybridized carbons (Fsp3) is 0.375. The molecule has 2 heterocycles. The van der Waals surface area contributed by atoms with Crippen molar-refractivity contribution in [1.82, 2.24) is 15.2 Å². The van der Waals surface area contributed by atoms with E-state index in [4.69, 9.17) is 0 Å². The lowest BCUT2D eigenvalue weighted by Gasteiger charge is -2.25. The highest BCUT2D eigenvalue weighted by molar-refractivity contribution is 5.90. The van der Waals surface area contributed by atoms with Gasteiger partial charge in [-0.2, -0.15) is 0 Å². The Labute approximate surface area is 166 Å². The maximum atomic E-state index is 13.1. The summed E-state index contributed by atoms with van der Waals surface area (Å²) in [5.41, 5.74) is 4.94. The Morgan fingerprint density at radius 3 is 2.71 bits per heavy atom. The molecule has 0 radical (unpaired) electrons. The molecule has 1 aliphatic rings. The van der Waals surface area contributed by atoms with E-state index in [0.717, 1.165) is 12.0 Å². The van der Waals surface area contributed by atoms with Gasteiger partial charge in [0.15, 0.2) is 0 Å². The van der Waals surface area contributed by atoms with Crippen molar-refractivity contribution >= 4 is 16.8 Å². The molecule has 1 amide bonds. The summed E-state index contributed by atoms with van der Waals surface area (Å²) in [5.74, 6) is 0.619. The molecule has 0 saturated carbocycles. The number of aromatic nitrogens is 1. The zero-order valence-corrected chi connectivity index (χ0v) is 16.9. The molecule has 2 aromatic carbocycles. The van der Waals surface area contributed by atoms with E-state index < -0.39 is 0 Å². The van der Waals surface area contributed by atoms with E-state index in [1.807, 2.05) is 30.3 Å². The molecule has 0 aliphatic carbocycles. The van der Waals surface area contributed by atoms with Crippen LogP contribution in [0.25, 0.3) is 10.9 Å². The van der Waals surface area contributed by atoms with E-state index in [1.165, 1.54) is 22.0 Å². The fourth-order valence-corrected chi connectivity index (χ4v) is 4.37. The second kappa shape index (κ2) is 7.80. The maximum Gasteiger partial charge on any atom is 0.237 e. The van der Waals surface area contributed by atoms with Gasteiger partial charge in [-0.15, -0.1) is 0 Å². The molecule has 4 heteroatoms. The maximum absolute atomic E-state index is 13.1. The van der Waals surface area contributed by atoms with E-state index in [0.29, 0.717) is 18.9 Å². The number of rotatable bonds is 5. The SMILES string of the molecule is CC(C)C[C@@H]1N[C@H](C(=O)NCc2ccccc2)Cc2cn(C)c3cccc1c23. The summed E-state index contributed by atoms with van der Waals surface area (Å²) < 4.78 is 2.19. The summed E-state index contributed by atoms with van der Waals surface area (Å²) in [7, 11) is 2.09. The number of hydrogen-bond donors (Lipinski definition) is 2. The molecule has 4 nitrogen and oxygen atoms in total. The molecule has 28 heavy (non-hydrogen) atoms. The third-order valence-corrected chi connectivity index (χ3v) is 5.66. The second-order valence-electron chi connectivity index (χ2n) is 8.32. The Morgan fingerprint density at radius 2 is 1.96 bits per heavy atom. The number of carbonyl (C=O) groups is 1. The number of carbonyl (C=O) groups excluding carboxylic acids is 1. The van der Waals surface area contributed by atoms with Crippen molar-refractivity contribution in [3.8, 4) is 0 Å². The third-order valence-electron chi connectivity index (χ3n) is 5.66. The molecule has 0 saturated heterocycles. The van der Waals surface area contributed by atoms with Crippen LogP contribution < -0.4 is 10.6 Å². The number of amides is 1. The van der Waals surface area contributed by atoms with E-state index >= 15 is 0 Å². The van der Waals surface area contributed by atoms with Gasteiger partial charge in [0.2, 0.25) is 5.91 Å². The normalized spacial score (nSPS) is 19.0. The smallest absolute Gasteiger partial charge is 0.237 e. The molecule has 3 aromatic rings. The van der Waals surface area contributed by atoms with Crippen molar-refractivity contribution in [2.24, 2.45) is 13.0 Å². The summed E-state index contributed by atoms with van der Waals surface area (Å²) >= 11 is 0. The fourth-order valence-electron chi connectivity index (χ4n) is 4.37. The summed E-state index contributed by atoms with van der Waals surface area (Å²) in [6, 6.07) is 16.5. The van der Waals surface area contributed by atoms with Crippen molar-refractivity contribution < 1.29 is 4.79 Å². The predicted octanol–water partition coefficient (Wildman–Crippen LogP) is 4.10. The first-order valence-electron chi connectivity index (χ1n) is 10.2. The van der Waals surface area contributed by atoms with Crippen LogP contribution in [0.4, 0.5) is 0 Å². The van der Waals surface area contributed by atoms with Gasteiger partial charge in [-0.3, -0.25) is 10.1 Å². The zero-order valence-electron chi connectivity index (χ0n) is 16.9. The van der Waals surface area contributed by atoms with Crippen LogP contribution in [0.1, 0.15) is 43.0 Å². The minimum atomic E-state index is -0.231. The predicted molar refractivity (Wildman–Crippen MR) is 114 cm³/mol. The lowest BCUT2D eigenvalue weighted by atomic mass is 9.94. The highest BCUT2D eigenvalue weighted by Gasteiger charge is 2.30. The highest BCUT2D eigenvalue weighted by atomic mass is 16.2. The number of benzene rings is 2. The van der Waals surface area contributed by atoms with Crippen LogP contribution >= 0.6 is 0 Å². The standard InChI is InChI=1S/C24H29N3O/c1-16(2)12-20-19-10-7-11-22-23(19)18(15-27(22)3)13-21(26-20)24(28)25-14-17-8-5-4-6-9-17/h4-11,15-16,20-21,26H,12-14H2,1-3H3,(H,25,28)/t20-,21-/m0/s1. The third kappa shape index (κ3) is 3.69. The molecule has 2 N–H and O–H groups in total. The van der Waals surface area contributed by atoms with Crippen molar-refractivity contribution in [1.29, 1.82) is 0 Å². The van der Waals surface area contributed by atoms with Crippen molar-refractivity contribution in [2.45, 2.75) is 45.3 Å². The largest absolute Gasteiger partial charge is 0.351 e. The molecular formula is C24H29N3O. The van der Waals surface area contributed by atoms with Gasteiger partial charge in [0.25, 0.3) is 0 Å². The van der Waals surface area contributed by atoms with E-state index in [2.05, 4.69) is 60.5 Å². The Kier molecular flexibility index (Phi) is 5.23. The molecule has 0 bridgehead atoms. The highest BCUT2D eigenvalue weighted by Crippen LogP contribution is 2.35. The summed E-state index contributed by atoms with van der Waals surface area (Å²) in [5, 5.41) is 8.12. The average Bonchev–Trinajstić information content (AvgIpc) is 2.92. The first-order chi connectivity index (χ1) is 13.5. The van der Waals surface area contributed by atoms with Gasteiger partial charge < -0.3 is 9.88 Å². The molecule has 1 aliphatic heterocycles. The zero-order chi connectivity index (χ0) is 19.7. The van der Waals surface area contributed by atoms with Crippen LogP contribution in [-0.4, -0.2) is 16.5 Å². The average molecular weight is 376 g/mol. The van der Waals surface area contributed by atoms with Gasteiger partial charge in [-0.05, 0) is 41.5 Å². The second-order valence-corrected chi connectivity index (χ2v) is 8.32. The number of hydrogen-bond acceptors (Lipinski definition) is 2. The molecular weight excluding hydrogens is 346 g/mol. The lowest BCUT2D eigenvalue weighted by Crippen LogP contribution is -2.46. The van der Waals surface area contributed by atoms with Crippen LogP contribution in [0, 0.1) is 5.92 Å². The number of nitrogens with zero attached hydrogens (tertiary/aromatic N) is 1. The van der Waals surface area contributed by atoms with Gasteiger partial charge in [0.05, 0.1) is 6.04 Å². The number of nitrogens with one attached hydrogen (secondary N) is 2. The first kappa shape index (κ1) is 18.8. The van der Waals surface area contributed by atoms with Crippen molar-refractivity contribution in [3.63, 3.8) is 0 Å². The minimum absolute atomic E-state index is 0.0717. The van der Waals surface area contributed by atoms with E-state index in [-0.39, 0.29) is 18.0 Å². The monoisotopic (exact) mass is 375 g/mol. The lowest BCUT2D eigenvalue weighted by molar-refractivity contribution is -0.123. The minimum Gasteiger partial charge on any atom is -0.351 e. The Balaban J connectivity index is 1.62. The summed E-state index contributed by atoms with van der Waals surface area (Å²) in [6.07, 6.45) is 3.91. The molecule has 0 spiro atoms. The Morgan fingerprint density at radius 1 is 1.18 bits per heavy atom. The van der Waals surface area contributed by atoms with Crippen molar-refractivity contribution in [3.05, 3.63) is 71.4 Å². The van der Waals surface area contributed by atoms with Gasteiger partial charge in [0.1, 0.15) is 0 Å². The van der Waals surface area contributed by atoms with Crippen LogP contribution in [0.2, 0.25) is 0 Å². The van der Waals surface area contributed by atoms with Crippen LogP contribution in [0.15, 0.2) is 54.7 Å². The van der Waals surface area contributed by atoms with Gasteiger partial charge >= 0.3 is 0 Å². The molecule has 2 atom stereocenters. The van der Waals surface area contributed by atoms with Crippen LogP contribution in [-0.2, 0) is 24.8 Å². The molecule has 146 valence electrons. The van der Waals surface area contributed by atoms with Gasteiger partial charge in [-0.1, -0.05) is 56.3 Å². The Bertz CT molecular complexity index is 974. The molecule has 0 fully saturated rings. The van der Waals surface area contributed by atoms with E-state index in [1.54, 1.807) is 0 Å². The van der Waals surface area contributed by atoms with E-state index in [9.17, 15) is 4.79 Å². The van der Waals surface area contributed by atoms with Crippen LogP contribution in [0.3, 0.4) is 0 Å².